The van der Waals surface area contributed by atoms with Crippen molar-refractivity contribution in [1.82, 2.24) is 0 Å². The Labute approximate surface area is 85.5 Å². The predicted octanol–water partition coefficient (Wildman–Crippen LogP) is 4.40. The van der Waals surface area contributed by atoms with Gasteiger partial charge in [0, 0.05) is 6.07 Å². The van der Waals surface area contributed by atoms with Gasteiger partial charge in [-0.05, 0) is 11.5 Å². The molecule has 0 amide bonds. The van der Waals surface area contributed by atoms with Gasteiger partial charge in [-0.2, -0.15) is 0 Å². The van der Waals surface area contributed by atoms with E-state index in [0.717, 1.165) is 0 Å². The fourth-order valence-electron chi connectivity index (χ4n) is 1.10. The lowest BCUT2D eigenvalue weighted by atomic mass is 10.0. The molecule has 0 aliphatic carbocycles. The van der Waals surface area contributed by atoms with Crippen molar-refractivity contribution in [2.24, 2.45) is 0 Å². The van der Waals surface area contributed by atoms with Gasteiger partial charge in [0.2, 0.25) is 0 Å². The largest absolute Gasteiger partial charge is 0.205 e. The number of hydrogen-bond acceptors (Lipinski definition) is 0. The molecule has 1 aromatic rings. The Morgan fingerprint density at radius 3 is 1.77 bits per heavy atom. The molecule has 0 radical (unpaired) electrons. The predicted molar refractivity (Wildman–Crippen MR) is 50.5 cm³/mol. The topological polar surface area (TPSA) is 0 Å². The number of benzene rings is 1. The smallest absolute Gasteiger partial charge is 0.145 e. The number of halogens is 4. The third kappa shape index (κ3) is 1.94. The van der Waals surface area contributed by atoms with E-state index in [9.17, 15) is 8.78 Å². The van der Waals surface area contributed by atoms with Crippen molar-refractivity contribution >= 4 is 23.2 Å². The van der Waals surface area contributed by atoms with Gasteiger partial charge >= 0.3 is 0 Å². The van der Waals surface area contributed by atoms with Gasteiger partial charge in [0.25, 0.3) is 0 Å². The number of hydrogen-bond donors (Lipinski definition) is 0. The first-order valence-corrected chi connectivity index (χ1v) is 4.53. The van der Waals surface area contributed by atoms with Crippen molar-refractivity contribution in [3.05, 3.63) is 33.3 Å². The molecule has 0 spiro atoms. The van der Waals surface area contributed by atoms with E-state index in [0.29, 0.717) is 11.6 Å². The van der Waals surface area contributed by atoms with E-state index in [2.05, 4.69) is 0 Å². The lowest BCUT2D eigenvalue weighted by Gasteiger charge is -2.11. The van der Waals surface area contributed by atoms with Crippen molar-refractivity contribution in [2.75, 3.05) is 0 Å². The zero-order valence-electron chi connectivity index (χ0n) is 7.17. The maximum Gasteiger partial charge on any atom is 0.145 e. The molecule has 0 unspecified atom stereocenters. The normalized spacial score (nSPS) is 11.0. The zero-order chi connectivity index (χ0) is 10.2. The molecule has 0 saturated heterocycles. The highest BCUT2D eigenvalue weighted by atomic mass is 35.5. The molecule has 4 heteroatoms. The Balaban J connectivity index is 3.46. The minimum atomic E-state index is -0.771. The second-order valence-corrected chi connectivity index (χ2v) is 3.79. The summed E-state index contributed by atoms with van der Waals surface area (Å²) < 4.78 is 25.9. The number of rotatable bonds is 1. The summed E-state index contributed by atoms with van der Waals surface area (Å²) >= 11 is 11.3. The van der Waals surface area contributed by atoms with Crippen LogP contribution in [0, 0.1) is 11.6 Å². The summed E-state index contributed by atoms with van der Waals surface area (Å²) in [5, 5.41) is -0.192. The third-order valence-electron chi connectivity index (χ3n) is 1.72. The Bertz CT molecular complexity index is 309. The van der Waals surface area contributed by atoms with Crippen LogP contribution >= 0.6 is 23.2 Å². The molecule has 1 aromatic carbocycles. The van der Waals surface area contributed by atoms with Crippen LogP contribution in [0.15, 0.2) is 6.07 Å². The van der Waals surface area contributed by atoms with Crippen LogP contribution in [-0.2, 0) is 0 Å². The molecular weight excluding hydrogens is 217 g/mol. The molecule has 13 heavy (non-hydrogen) atoms. The highest BCUT2D eigenvalue weighted by Gasteiger charge is 2.17. The summed E-state index contributed by atoms with van der Waals surface area (Å²) in [5.41, 5.74) is 0.320. The van der Waals surface area contributed by atoms with Crippen molar-refractivity contribution in [3.63, 3.8) is 0 Å². The summed E-state index contributed by atoms with van der Waals surface area (Å²) in [7, 11) is 0. The monoisotopic (exact) mass is 224 g/mol. The molecule has 0 atom stereocenters. The van der Waals surface area contributed by atoms with Gasteiger partial charge in [-0.3, -0.25) is 0 Å². The highest BCUT2D eigenvalue weighted by molar-refractivity contribution is 6.36. The van der Waals surface area contributed by atoms with Gasteiger partial charge in [-0.15, -0.1) is 0 Å². The minimum absolute atomic E-state index is 0.0959. The van der Waals surface area contributed by atoms with Gasteiger partial charge in [-0.1, -0.05) is 37.0 Å². The summed E-state index contributed by atoms with van der Waals surface area (Å²) in [5.74, 6) is -1.65. The summed E-state index contributed by atoms with van der Waals surface area (Å²) in [4.78, 5) is 0. The lowest BCUT2D eigenvalue weighted by Crippen LogP contribution is -1.96. The Kier molecular flexibility index (Phi) is 3.14. The minimum Gasteiger partial charge on any atom is -0.205 e. The van der Waals surface area contributed by atoms with Crippen molar-refractivity contribution < 1.29 is 8.78 Å². The molecule has 1 rings (SSSR count). The average molecular weight is 225 g/mol. The molecule has 0 aromatic heterocycles. The van der Waals surface area contributed by atoms with E-state index >= 15 is 0 Å². The van der Waals surface area contributed by atoms with Gasteiger partial charge in [0.15, 0.2) is 0 Å². The van der Waals surface area contributed by atoms with Gasteiger partial charge < -0.3 is 0 Å². The summed E-state index contributed by atoms with van der Waals surface area (Å²) in [6.07, 6.45) is 0. The molecule has 0 aliphatic heterocycles. The van der Waals surface area contributed by atoms with Crippen LogP contribution in [0.3, 0.4) is 0 Å². The van der Waals surface area contributed by atoms with Crippen LogP contribution in [0.1, 0.15) is 25.3 Å². The second kappa shape index (κ2) is 3.81. The van der Waals surface area contributed by atoms with Crippen LogP contribution in [0.4, 0.5) is 8.78 Å². The quantitative estimate of drug-likeness (QED) is 0.621. The Morgan fingerprint density at radius 1 is 1.08 bits per heavy atom. The molecule has 0 bridgehead atoms. The van der Waals surface area contributed by atoms with Crippen LogP contribution < -0.4 is 0 Å². The van der Waals surface area contributed by atoms with Crippen molar-refractivity contribution in [1.29, 1.82) is 0 Å². The molecule has 0 nitrogen and oxygen atoms in total. The molecule has 72 valence electrons. The third-order valence-corrected chi connectivity index (χ3v) is 2.49. The van der Waals surface area contributed by atoms with E-state index < -0.39 is 11.6 Å². The lowest BCUT2D eigenvalue weighted by molar-refractivity contribution is 0.577. The maximum atomic E-state index is 12.9. The SMILES string of the molecule is CC(C)c1c(Cl)c(F)cc(F)c1Cl. The standard InChI is InChI=1S/C9H8Cl2F2/c1-4(2)7-8(10)5(12)3-6(13)9(7)11/h3-4H,1-2H3. The first-order chi connectivity index (χ1) is 5.95. The van der Waals surface area contributed by atoms with E-state index in [1.54, 1.807) is 13.8 Å². The van der Waals surface area contributed by atoms with Crippen molar-refractivity contribution in [2.45, 2.75) is 19.8 Å². The average Bonchev–Trinajstić information content (AvgIpc) is 2.01. The molecule has 0 N–H and O–H groups in total. The van der Waals surface area contributed by atoms with Gasteiger partial charge in [-0.25, -0.2) is 8.78 Å². The molecule has 0 heterocycles. The van der Waals surface area contributed by atoms with Crippen molar-refractivity contribution in [3.8, 4) is 0 Å². The van der Waals surface area contributed by atoms with E-state index in [1.807, 2.05) is 0 Å². The van der Waals surface area contributed by atoms with E-state index in [4.69, 9.17) is 23.2 Å². The second-order valence-electron chi connectivity index (χ2n) is 3.04. The maximum absolute atomic E-state index is 12.9. The summed E-state index contributed by atoms with van der Waals surface area (Å²) in [6, 6.07) is 0.691. The van der Waals surface area contributed by atoms with Crippen LogP contribution in [0.2, 0.25) is 10.0 Å². The van der Waals surface area contributed by atoms with Gasteiger partial charge in [0.05, 0.1) is 10.0 Å². The first kappa shape index (κ1) is 10.7. The van der Waals surface area contributed by atoms with E-state index in [1.165, 1.54) is 0 Å². The summed E-state index contributed by atoms with van der Waals surface area (Å²) in [6.45, 7) is 3.54. The zero-order valence-corrected chi connectivity index (χ0v) is 8.68. The molecule has 0 fully saturated rings. The first-order valence-electron chi connectivity index (χ1n) is 3.78. The fraction of sp³-hybridized carbons (Fsp3) is 0.333. The Hall–Kier alpha value is -0.340. The fourth-order valence-corrected chi connectivity index (χ4v) is 1.88. The van der Waals surface area contributed by atoms with Crippen LogP contribution in [0.5, 0.6) is 0 Å². The Morgan fingerprint density at radius 2 is 1.46 bits per heavy atom. The van der Waals surface area contributed by atoms with Crippen LogP contribution in [-0.4, -0.2) is 0 Å². The van der Waals surface area contributed by atoms with Crippen LogP contribution in [0.25, 0.3) is 0 Å². The van der Waals surface area contributed by atoms with Gasteiger partial charge in [0.1, 0.15) is 11.6 Å². The molecule has 0 saturated carbocycles. The van der Waals surface area contributed by atoms with E-state index in [-0.39, 0.29) is 16.0 Å². The molecule has 0 aliphatic rings. The molecular formula is C9H8Cl2F2. The highest BCUT2D eigenvalue weighted by Crippen LogP contribution is 2.34.